The SMILES string of the molecule is CCCCCC/C=C/CC/C=C/CC/C=C/C(O)C(COC1OC(CO)C(O)C(O)C1O)NC(=O)CCCCCCCCC/C=C\CCCCCCCCCCCCCOC(=O)CCCCCCCCCCCCC. The number of carbonyl (C=O) groups excluding carboxylic acids is 2. The molecule has 0 radical (unpaired) electrons. The lowest BCUT2D eigenvalue weighted by Crippen LogP contribution is -2.60. The summed E-state index contributed by atoms with van der Waals surface area (Å²) >= 11 is 0. The highest BCUT2D eigenvalue weighted by molar-refractivity contribution is 5.76. The summed E-state index contributed by atoms with van der Waals surface area (Å²) in [4.78, 5) is 25.1. The molecule has 0 aromatic heterocycles. The second-order valence-corrected chi connectivity index (χ2v) is 21.7. The Morgan fingerprint density at radius 1 is 0.480 bits per heavy atom. The summed E-state index contributed by atoms with van der Waals surface area (Å²) in [5.74, 6) is -0.207. The van der Waals surface area contributed by atoms with Crippen molar-refractivity contribution >= 4 is 11.9 Å². The summed E-state index contributed by atoms with van der Waals surface area (Å²) in [5, 5.41) is 54.4. The summed E-state index contributed by atoms with van der Waals surface area (Å²) in [7, 11) is 0. The first kappa shape index (κ1) is 70.6. The van der Waals surface area contributed by atoms with Crippen LogP contribution in [0.5, 0.6) is 0 Å². The van der Waals surface area contributed by atoms with Crippen LogP contribution >= 0.6 is 0 Å². The van der Waals surface area contributed by atoms with Crippen LogP contribution < -0.4 is 5.32 Å². The molecule has 0 bridgehead atoms. The van der Waals surface area contributed by atoms with Crippen molar-refractivity contribution in [2.45, 2.75) is 326 Å². The number of hydrogen-bond donors (Lipinski definition) is 6. The van der Waals surface area contributed by atoms with Gasteiger partial charge in [0.15, 0.2) is 6.29 Å². The zero-order valence-electron chi connectivity index (χ0n) is 48.3. The Bertz CT molecular complexity index is 1390. The zero-order chi connectivity index (χ0) is 54.5. The molecule has 1 saturated heterocycles. The van der Waals surface area contributed by atoms with Crippen LogP contribution in [0, 0.1) is 0 Å². The first-order chi connectivity index (χ1) is 36.7. The number of esters is 1. The number of rotatable bonds is 54. The zero-order valence-corrected chi connectivity index (χ0v) is 48.3. The number of nitrogens with one attached hydrogen (secondary N) is 1. The monoisotopic (exact) mass is 1060 g/mol. The normalized spacial score (nSPS) is 19.1. The van der Waals surface area contributed by atoms with Crippen molar-refractivity contribution in [1.82, 2.24) is 5.32 Å². The average Bonchev–Trinajstić information content (AvgIpc) is 3.41. The maximum atomic E-state index is 13.0. The van der Waals surface area contributed by atoms with Crippen molar-refractivity contribution in [3.8, 4) is 0 Å². The van der Waals surface area contributed by atoms with Crippen molar-refractivity contribution in [3.63, 3.8) is 0 Å². The van der Waals surface area contributed by atoms with Crippen molar-refractivity contribution in [3.05, 3.63) is 48.6 Å². The number of aliphatic hydroxyl groups is 5. The fourth-order valence-corrected chi connectivity index (χ4v) is 9.64. The van der Waals surface area contributed by atoms with Crippen LogP contribution in [0.3, 0.4) is 0 Å². The summed E-state index contributed by atoms with van der Waals surface area (Å²) < 4.78 is 16.7. The molecule has 1 aliphatic heterocycles. The first-order valence-electron chi connectivity index (χ1n) is 31.4. The van der Waals surface area contributed by atoms with E-state index in [0.717, 1.165) is 89.9 Å². The number of hydrogen-bond acceptors (Lipinski definition) is 10. The van der Waals surface area contributed by atoms with Gasteiger partial charge in [0, 0.05) is 12.8 Å². The summed E-state index contributed by atoms with van der Waals surface area (Å²) in [5.41, 5.74) is 0. The number of amides is 1. The van der Waals surface area contributed by atoms with Crippen LogP contribution in [0.2, 0.25) is 0 Å². The van der Waals surface area contributed by atoms with Gasteiger partial charge >= 0.3 is 5.97 Å². The van der Waals surface area contributed by atoms with Gasteiger partial charge in [0.1, 0.15) is 24.4 Å². The minimum absolute atomic E-state index is 0.00387. The van der Waals surface area contributed by atoms with Gasteiger partial charge in [-0.3, -0.25) is 9.59 Å². The Morgan fingerprint density at radius 2 is 0.867 bits per heavy atom. The Morgan fingerprint density at radius 3 is 1.33 bits per heavy atom. The molecule has 11 heteroatoms. The first-order valence-corrected chi connectivity index (χ1v) is 31.4. The van der Waals surface area contributed by atoms with Crippen LogP contribution in [0.1, 0.15) is 284 Å². The van der Waals surface area contributed by atoms with E-state index in [1.54, 1.807) is 6.08 Å². The van der Waals surface area contributed by atoms with E-state index in [9.17, 15) is 35.1 Å². The van der Waals surface area contributed by atoms with Gasteiger partial charge in [0.25, 0.3) is 0 Å². The number of aliphatic hydroxyl groups excluding tert-OH is 5. The van der Waals surface area contributed by atoms with Gasteiger partial charge in [-0.15, -0.1) is 0 Å². The van der Waals surface area contributed by atoms with E-state index in [0.29, 0.717) is 19.4 Å². The smallest absolute Gasteiger partial charge is 0.305 e. The fraction of sp³-hybridized carbons (Fsp3) is 0.844. The second kappa shape index (κ2) is 53.6. The molecule has 1 heterocycles. The predicted molar refractivity (Wildman–Crippen MR) is 310 cm³/mol. The maximum Gasteiger partial charge on any atom is 0.305 e. The minimum Gasteiger partial charge on any atom is -0.466 e. The molecule has 0 spiro atoms. The van der Waals surface area contributed by atoms with Crippen LogP contribution in [-0.4, -0.2) is 100 Å². The van der Waals surface area contributed by atoms with E-state index in [2.05, 4.69) is 55.6 Å². The molecular formula is C64H117NO10. The van der Waals surface area contributed by atoms with Crippen LogP contribution in [0.15, 0.2) is 48.6 Å². The van der Waals surface area contributed by atoms with Crippen LogP contribution in [-0.2, 0) is 23.8 Å². The van der Waals surface area contributed by atoms with Gasteiger partial charge in [-0.25, -0.2) is 0 Å². The Hall–Kier alpha value is -2.38. The predicted octanol–water partition coefficient (Wildman–Crippen LogP) is 14.8. The summed E-state index contributed by atoms with van der Waals surface area (Å²) in [6.07, 6.45) is 57.8. The quantitative estimate of drug-likeness (QED) is 0.0195. The molecule has 1 rings (SSSR count). The molecule has 11 nitrogen and oxygen atoms in total. The van der Waals surface area contributed by atoms with Crippen LogP contribution in [0.4, 0.5) is 0 Å². The fourth-order valence-electron chi connectivity index (χ4n) is 9.64. The Kier molecular flexibility index (Phi) is 50.5. The lowest BCUT2D eigenvalue weighted by Gasteiger charge is -2.40. The maximum absolute atomic E-state index is 13.0. The highest BCUT2D eigenvalue weighted by Gasteiger charge is 2.44. The molecule has 1 amide bonds. The highest BCUT2D eigenvalue weighted by Crippen LogP contribution is 2.23. The molecule has 0 aliphatic carbocycles. The Labute approximate surface area is 459 Å². The van der Waals surface area contributed by atoms with Crippen molar-refractivity contribution in [2.24, 2.45) is 0 Å². The molecule has 0 aromatic rings. The number of ether oxygens (including phenoxy) is 3. The standard InChI is InChI=1S/C64H117NO10/c1-3-5-7-9-11-13-15-16-27-31-34-38-42-46-50-57(67)56(55-74-64-63(72)62(71)61(70)58(54-66)75-64)65-59(68)51-47-43-39-35-32-28-25-23-21-19-17-18-20-22-24-26-29-33-37-41-45-49-53-73-60(69)52-48-44-40-36-30-14-12-10-8-6-4-2/h13,15,19,21,31,34,46,50,56-58,61-64,66-67,70-72H,3-12,14,16-18,20,22-30,32-33,35-45,47-49,51-55H2,1-2H3,(H,65,68)/b15-13+,21-19-,34-31+,50-46+. The third-order valence-electron chi connectivity index (χ3n) is 14.6. The third kappa shape index (κ3) is 43.2. The molecule has 438 valence electrons. The second-order valence-electron chi connectivity index (χ2n) is 21.7. The average molecular weight is 1060 g/mol. The molecule has 0 saturated carbocycles. The van der Waals surface area contributed by atoms with Crippen molar-refractivity contribution in [2.75, 3.05) is 19.8 Å². The molecule has 1 fully saturated rings. The minimum atomic E-state index is -1.58. The summed E-state index contributed by atoms with van der Waals surface area (Å²) in [6.45, 7) is 4.30. The number of unbranched alkanes of at least 4 members (excludes halogenated alkanes) is 34. The lowest BCUT2D eigenvalue weighted by atomic mass is 9.99. The van der Waals surface area contributed by atoms with E-state index in [-0.39, 0.29) is 18.5 Å². The molecule has 6 N–H and O–H groups in total. The van der Waals surface area contributed by atoms with Gasteiger partial charge in [0.05, 0.1) is 32.0 Å². The van der Waals surface area contributed by atoms with Gasteiger partial charge < -0.3 is 45.1 Å². The van der Waals surface area contributed by atoms with E-state index in [1.807, 2.05) is 6.08 Å². The van der Waals surface area contributed by atoms with E-state index in [4.69, 9.17) is 14.2 Å². The highest BCUT2D eigenvalue weighted by atomic mass is 16.7. The third-order valence-corrected chi connectivity index (χ3v) is 14.6. The van der Waals surface area contributed by atoms with Gasteiger partial charge in [-0.05, 0) is 83.5 Å². The summed E-state index contributed by atoms with van der Waals surface area (Å²) in [6, 6.07) is -0.840. The Balaban J connectivity index is 2.09. The molecule has 7 atom stereocenters. The van der Waals surface area contributed by atoms with Gasteiger partial charge in [-0.2, -0.15) is 0 Å². The molecular weight excluding hydrogens is 943 g/mol. The van der Waals surface area contributed by atoms with Gasteiger partial charge in [0.2, 0.25) is 5.91 Å². The topological polar surface area (TPSA) is 175 Å². The number of carbonyl (C=O) groups is 2. The van der Waals surface area contributed by atoms with Crippen LogP contribution in [0.25, 0.3) is 0 Å². The largest absolute Gasteiger partial charge is 0.466 e. The van der Waals surface area contributed by atoms with Crippen molar-refractivity contribution < 1.29 is 49.3 Å². The molecule has 1 aliphatic rings. The van der Waals surface area contributed by atoms with Gasteiger partial charge in [-0.1, -0.05) is 236 Å². The molecule has 0 aromatic carbocycles. The van der Waals surface area contributed by atoms with E-state index in [1.165, 1.54) is 167 Å². The van der Waals surface area contributed by atoms with E-state index >= 15 is 0 Å². The van der Waals surface area contributed by atoms with Crippen molar-refractivity contribution in [1.29, 1.82) is 0 Å². The lowest BCUT2D eigenvalue weighted by molar-refractivity contribution is -0.302. The van der Waals surface area contributed by atoms with E-state index < -0.39 is 49.5 Å². The number of allylic oxidation sites excluding steroid dienone is 7. The molecule has 7 unspecified atom stereocenters. The molecule has 75 heavy (non-hydrogen) atoms.